The first kappa shape index (κ1) is 8.00. The van der Waals surface area contributed by atoms with E-state index in [9.17, 15) is 0 Å². The average Bonchev–Trinajstić information content (AvgIpc) is 2.20. The zero-order valence-electron chi connectivity index (χ0n) is 5.97. The van der Waals surface area contributed by atoms with Crippen LogP contribution in [0.4, 0.5) is 0 Å². The van der Waals surface area contributed by atoms with Crippen molar-refractivity contribution in [1.82, 2.24) is 9.78 Å². The third-order valence-electron chi connectivity index (χ3n) is 1.55. The molecule has 0 atom stereocenters. The molecular weight excluding hydrogens is 243 g/mol. The molecule has 0 N–H and O–H groups in total. The Kier molecular flexibility index (Phi) is 2.67. The van der Waals surface area contributed by atoms with Crippen molar-refractivity contribution in [3.63, 3.8) is 0 Å². The van der Waals surface area contributed by atoms with Gasteiger partial charge in [0.1, 0.15) is 23.0 Å². The van der Waals surface area contributed by atoms with E-state index in [1.165, 1.54) is 0 Å². The molecule has 0 aliphatic carbocycles. The number of hydrogen-bond acceptors (Lipinski definition) is 2. The van der Waals surface area contributed by atoms with Crippen LogP contribution in [0.5, 0.6) is 0 Å². The Morgan fingerprint density at radius 1 is 1.80 bits per heavy atom. The van der Waals surface area contributed by atoms with Crippen LogP contribution in [0.1, 0.15) is 11.3 Å². The van der Waals surface area contributed by atoms with Gasteiger partial charge in [0.25, 0.3) is 0 Å². The largest absolute Gasteiger partial charge is 0.311 e. The van der Waals surface area contributed by atoms with Gasteiger partial charge in [-0.2, -0.15) is 5.10 Å². The second-order valence-corrected chi connectivity index (χ2v) is 2.76. The normalized spacial score (nSPS) is 10.3. The highest BCUT2D eigenvalue weighted by molar-refractivity contribution is 14.1. The van der Waals surface area contributed by atoms with E-state index in [2.05, 4.69) is 5.10 Å². The second kappa shape index (κ2) is 3.34. The lowest BCUT2D eigenvalue weighted by Crippen LogP contribution is -1.93. The zero-order valence-corrected chi connectivity index (χ0v) is 8.12. The number of aryl methyl sites for hydroxylation is 1. The Hall–Kier alpha value is -0.100. The Bertz CT molecular complexity index is 222. The SMILES string of the molecule is Cc1c(COI)cnn1C. The van der Waals surface area contributed by atoms with E-state index in [0.29, 0.717) is 6.61 Å². The highest BCUT2D eigenvalue weighted by atomic mass is 127. The summed E-state index contributed by atoms with van der Waals surface area (Å²) in [6.45, 7) is 2.66. The summed E-state index contributed by atoms with van der Waals surface area (Å²) in [4.78, 5) is 0. The van der Waals surface area contributed by atoms with Crippen LogP contribution >= 0.6 is 23.0 Å². The number of rotatable bonds is 2. The van der Waals surface area contributed by atoms with Gasteiger partial charge in [0.2, 0.25) is 0 Å². The van der Waals surface area contributed by atoms with Crippen molar-refractivity contribution in [2.75, 3.05) is 0 Å². The molecule has 0 saturated heterocycles. The number of aromatic nitrogens is 2. The lowest BCUT2D eigenvalue weighted by atomic mass is 10.3. The summed E-state index contributed by atoms with van der Waals surface area (Å²) in [5, 5.41) is 4.07. The molecule has 1 heterocycles. The van der Waals surface area contributed by atoms with Crippen LogP contribution in [-0.4, -0.2) is 9.78 Å². The van der Waals surface area contributed by atoms with E-state index in [4.69, 9.17) is 3.07 Å². The molecule has 0 aliphatic rings. The van der Waals surface area contributed by atoms with E-state index < -0.39 is 0 Å². The van der Waals surface area contributed by atoms with Gasteiger partial charge in [-0.1, -0.05) is 0 Å². The number of halogens is 1. The van der Waals surface area contributed by atoms with Gasteiger partial charge in [0, 0.05) is 18.3 Å². The van der Waals surface area contributed by atoms with Crippen LogP contribution in [0.2, 0.25) is 0 Å². The fourth-order valence-electron chi connectivity index (χ4n) is 0.745. The van der Waals surface area contributed by atoms with Gasteiger partial charge in [-0.05, 0) is 6.92 Å². The molecular formula is C6H9IN2O. The first-order valence-corrected chi connectivity index (χ1v) is 3.85. The summed E-state index contributed by atoms with van der Waals surface area (Å²) in [5.74, 6) is 0. The standard InChI is InChI=1S/C6H9IN2O/c1-5-6(4-10-7)3-8-9(5)2/h3H,4H2,1-2H3. The van der Waals surface area contributed by atoms with Crippen LogP contribution in [0.15, 0.2) is 6.20 Å². The van der Waals surface area contributed by atoms with Crippen LogP contribution in [0.3, 0.4) is 0 Å². The van der Waals surface area contributed by atoms with Crippen molar-refractivity contribution in [3.8, 4) is 0 Å². The molecule has 3 nitrogen and oxygen atoms in total. The van der Waals surface area contributed by atoms with Crippen molar-refractivity contribution < 1.29 is 3.07 Å². The summed E-state index contributed by atoms with van der Waals surface area (Å²) in [6, 6.07) is 0. The van der Waals surface area contributed by atoms with Crippen molar-refractivity contribution in [2.45, 2.75) is 13.5 Å². The predicted octanol–water partition coefficient (Wildman–Crippen LogP) is 1.60. The molecule has 0 bridgehead atoms. The van der Waals surface area contributed by atoms with Gasteiger partial charge < -0.3 is 3.07 Å². The van der Waals surface area contributed by atoms with Gasteiger partial charge in [-0.3, -0.25) is 4.68 Å². The Morgan fingerprint density at radius 3 is 2.90 bits per heavy atom. The maximum absolute atomic E-state index is 4.94. The minimum atomic E-state index is 0.639. The van der Waals surface area contributed by atoms with Crippen LogP contribution in [0, 0.1) is 6.92 Å². The van der Waals surface area contributed by atoms with Crippen LogP contribution in [-0.2, 0) is 16.7 Å². The monoisotopic (exact) mass is 252 g/mol. The molecule has 0 saturated carbocycles. The maximum atomic E-state index is 4.94. The van der Waals surface area contributed by atoms with Gasteiger partial charge in [-0.15, -0.1) is 0 Å². The molecule has 0 unspecified atom stereocenters. The molecule has 1 rings (SSSR count). The molecule has 10 heavy (non-hydrogen) atoms. The fraction of sp³-hybridized carbons (Fsp3) is 0.500. The van der Waals surface area contributed by atoms with Crippen LogP contribution in [0.25, 0.3) is 0 Å². The van der Waals surface area contributed by atoms with Gasteiger partial charge in [-0.25, -0.2) is 0 Å². The zero-order chi connectivity index (χ0) is 7.56. The first-order valence-electron chi connectivity index (χ1n) is 2.96. The quantitative estimate of drug-likeness (QED) is 0.747. The van der Waals surface area contributed by atoms with Crippen molar-refractivity contribution in [3.05, 3.63) is 17.5 Å². The molecule has 0 spiro atoms. The third kappa shape index (κ3) is 1.49. The van der Waals surface area contributed by atoms with Gasteiger partial charge >= 0.3 is 0 Å². The summed E-state index contributed by atoms with van der Waals surface area (Å²) >= 11 is 1.88. The molecule has 0 aliphatic heterocycles. The molecule has 0 aromatic carbocycles. The molecule has 1 aromatic rings. The van der Waals surface area contributed by atoms with Crippen LogP contribution < -0.4 is 0 Å². The minimum absolute atomic E-state index is 0.639. The van der Waals surface area contributed by atoms with E-state index in [-0.39, 0.29) is 0 Å². The van der Waals surface area contributed by atoms with E-state index in [1.54, 1.807) is 0 Å². The summed E-state index contributed by atoms with van der Waals surface area (Å²) < 4.78 is 6.78. The predicted molar refractivity (Wildman–Crippen MR) is 46.8 cm³/mol. The van der Waals surface area contributed by atoms with E-state index in [0.717, 1.165) is 11.3 Å². The first-order chi connectivity index (χ1) is 4.75. The highest BCUT2D eigenvalue weighted by Gasteiger charge is 2.01. The Labute approximate surface area is 74.1 Å². The van der Waals surface area contributed by atoms with Gasteiger partial charge in [0.15, 0.2) is 0 Å². The van der Waals surface area contributed by atoms with Gasteiger partial charge in [0.05, 0.1) is 12.8 Å². The Morgan fingerprint density at radius 2 is 2.50 bits per heavy atom. The maximum Gasteiger partial charge on any atom is 0.110 e. The smallest absolute Gasteiger partial charge is 0.110 e. The molecule has 1 aromatic heterocycles. The topological polar surface area (TPSA) is 27.1 Å². The van der Waals surface area contributed by atoms with Crippen molar-refractivity contribution in [2.24, 2.45) is 7.05 Å². The Balaban J connectivity index is 2.83. The molecule has 0 radical (unpaired) electrons. The summed E-state index contributed by atoms with van der Waals surface area (Å²) in [6.07, 6.45) is 1.83. The lowest BCUT2D eigenvalue weighted by Gasteiger charge is -1.95. The highest BCUT2D eigenvalue weighted by Crippen LogP contribution is 2.08. The summed E-state index contributed by atoms with van der Waals surface area (Å²) in [7, 11) is 1.92. The molecule has 56 valence electrons. The molecule has 4 heteroatoms. The van der Waals surface area contributed by atoms with E-state index in [1.807, 2.05) is 47.9 Å². The fourth-order valence-corrected chi connectivity index (χ4v) is 1.08. The minimum Gasteiger partial charge on any atom is -0.311 e. The molecule has 0 amide bonds. The van der Waals surface area contributed by atoms with E-state index >= 15 is 0 Å². The lowest BCUT2D eigenvalue weighted by molar-refractivity contribution is 0.416. The average molecular weight is 252 g/mol. The number of hydrogen-bond donors (Lipinski definition) is 0. The second-order valence-electron chi connectivity index (χ2n) is 2.13. The number of nitrogens with zero attached hydrogens (tertiary/aromatic N) is 2. The van der Waals surface area contributed by atoms with Crippen molar-refractivity contribution in [1.29, 1.82) is 0 Å². The molecule has 0 fully saturated rings. The summed E-state index contributed by atoms with van der Waals surface area (Å²) in [5.41, 5.74) is 2.31. The third-order valence-corrected chi connectivity index (χ3v) is 1.86. The van der Waals surface area contributed by atoms with Crippen molar-refractivity contribution >= 4 is 23.0 Å².